The average molecular weight is 242 g/mol. The molecular formula is C14H30N2O. The molecule has 1 aliphatic rings. The van der Waals surface area contributed by atoms with Crippen molar-refractivity contribution in [3.8, 4) is 0 Å². The van der Waals surface area contributed by atoms with E-state index in [1.165, 1.54) is 25.9 Å². The Hall–Kier alpha value is -0.120. The lowest BCUT2D eigenvalue weighted by Gasteiger charge is -2.39. The van der Waals surface area contributed by atoms with E-state index < -0.39 is 0 Å². The Labute approximate surface area is 107 Å². The third-order valence-corrected chi connectivity index (χ3v) is 4.00. The van der Waals surface area contributed by atoms with Crippen LogP contribution >= 0.6 is 0 Å². The Bertz CT molecular complexity index is 205. The minimum absolute atomic E-state index is 0.242. The number of rotatable bonds is 5. The summed E-state index contributed by atoms with van der Waals surface area (Å²) in [6.45, 7) is 13.7. The molecular weight excluding hydrogens is 212 g/mol. The van der Waals surface area contributed by atoms with Crippen molar-refractivity contribution in [1.82, 2.24) is 10.2 Å². The van der Waals surface area contributed by atoms with Gasteiger partial charge in [-0.2, -0.15) is 0 Å². The molecule has 0 amide bonds. The van der Waals surface area contributed by atoms with Crippen LogP contribution in [-0.4, -0.2) is 48.8 Å². The highest BCUT2D eigenvalue weighted by atomic mass is 16.3. The molecule has 1 saturated heterocycles. The summed E-state index contributed by atoms with van der Waals surface area (Å²) >= 11 is 0. The fraction of sp³-hybridized carbons (Fsp3) is 1.00. The van der Waals surface area contributed by atoms with Crippen LogP contribution in [0.3, 0.4) is 0 Å². The fourth-order valence-corrected chi connectivity index (χ4v) is 2.77. The molecule has 3 heteroatoms. The van der Waals surface area contributed by atoms with E-state index >= 15 is 0 Å². The molecule has 1 unspecified atom stereocenters. The van der Waals surface area contributed by atoms with Crippen molar-refractivity contribution in [2.24, 2.45) is 11.3 Å². The average Bonchev–Trinajstić information content (AvgIpc) is 2.28. The zero-order chi connectivity index (χ0) is 12.9. The molecule has 0 spiro atoms. The Kier molecular flexibility index (Phi) is 5.90. The van der Waals surface area contributed by atoms with Gasteiger partial charge >= 0.3 is 0 Å². The molecule has 102 valence electrons. The molecule has 0 aromatic rings. The van der Waals surface area contributed by atoms with Gasteiger partial charge in [0.1, 0.15) is 0 Å². The summed E-state index contributed by atoms with van der Waals surface area (Å²) in [6, 6.07) is 0.242. The molecule has 0 bridgehead atoms. The monoisotopic (exact) mass is 242 g/mol. The van der Waals surface area contributed by atoms with Gasteiger partial charge in [0.05, 0.1) is 6.61 Å². The first kappa shape index (κ1) is 14.9. The summed E-state index contributed by atoms with van der Waals surface area (Å²) in [5.41, 5.74) is 0.449. The highest BCUT2D eigenvalue weighted by Gasteiger charge is 2.29. The van der Waals surface area contributed by atoms with Crippen molar-refractivity contribution >= 4 is 0 Å². The van der Waals surface area contributed by atoms with Gasteiger partial charge in [-0.15, -0.1) is 0 Å². The van der Waals surface area contributed by atoms with Crippen LogP contribution in [0, 0.1) is 11.3 Å². The Morgan fingerprint density at radius 2 is 1.88 bits per heavy atom. The third kappa shape index (κ3) is 4.94. The number of aliphatic hydroxyl groups is 1. The van der Waals surface area contributed by atoms with E-state index in [0.717, 1.165) is 19.0 Å². The van der Waals surface area contributed by atoms with Gasteiger partial charge in [0, 0.05) is 12.6 Å². The quantitative estimate of drug-likeness (QED) is 0.770. The van der Waals surface area contributed by atoms with Crippen molar-refractivity contribution in [1.29, 1.82) is 0 Å². The van der Waals surface area contributed by atoms with Gasteiger partial charge in [0.25, 0.3) is 0 Å². The number of nitrogens with one attached hydrogen (secondary N) is 1. The van der Waals surface area contributed by atoms with Crippen LogP contribution in [0.25, 0.3) is 0 Å². The van der Waals surface area contributed by atoms with Crippen LogP contribution < -0.4 is 5.32 Å². The van der Waals surface area contributed by atoms with Gasteiger partial charge in [-0.25, -0.2) is 0 Å². The van der Waals surface area contributed by atoms with Crippen LogP contribution in [0.4, 0.5) is 0 Å². The van der Waals surface area contributed by atoms with Gasteiger partial charge < -0.3 is 15.3 Å². The molecule has 2 N–H and O–H groups in total. The van der Waals surface area contributed by atoms with Gasteiger partial charge in [0.2, 0.25) is 0 Å². The van der Waals surface area contributed by atoms with Crippen molar-refractivity contribution in [3.05, 3.63) is 0 Å². The Morgan fingerprint density at radius 1 is 1.29 bits per heavy atom. The maximum absolute atomic E-state index is 9.28. The minimum atomic E-state index is 0.242. The predicted octanol–water partition coefficient (Wildman–Crippen LogP) is 1.71. The van der Waals surface area contributed by atoms with E-state index in [0.29, 0.717) is 5.41 Å². The molecule has 1 fully saturated rings. The summed E-state index contributed by atoms with van der Waals surface area (Å²) in [5.74, 6) is 0.852. The van der Waals surface area contributed by atoms with Gasteiger partial charge in [-0.05, 0) is 43.8 Å². The van der Waals surface area contributed by atoms with E-state index in [9.17, 15) is 5.11 Å². The van der Waals surface area contributed by atoms with Crippen molar-refractivity contribution in [3.63, 3.8) is 0 Å². The second kappa shape index (κ2) is 6.72. The van der Waals surface area contributed by atoms with Crippen LogP contribution in [0.5, 0.6) is 0 Å². The molecule has 3 nitrogen and oxygen atoms in total. The Balaban J connectivity index is 2.31. The highest BCUT2D eigenvalue weighted by molar-refractivity contribution is 4.82. The normalized spacial score (nSPS) is 21.7. The molecule has 1 aliphatic heterocycles. The van der Waals surface area contributed by atoms with E-state index in [-0.39, 0.29) is 12.6 Å². The number of hydrogen-bond acceptors (Lipinski definition) is 3. The summed E-state index contributed by atoms with van der Waals surface area (Å²) in [7, 11) is 0. The van der Waals surface area contributed by atoms with Crippen molar-refractivity contribution in [2.75, 3.05) is 32.8 Å². The number of aliphatic hydroxyl groups excluding tert-OH is 1. The van der Waals surface area contributed by atoms with Crippen LogP contribution in [-0.2, 0) is 0 Å². The number of likely N-dealkylation sites (N-methyl/N-ethyl adjacent to an activating group) is 1. The minimum Gasteiger partial charge on any atom is -0.395 e. The smallest absolute Gasteiger partial charge is 0.0597 e. The second-order valence-electron chi connectivity index (χ2n) is 6.38. The number of likely N-dealkylation sites (tertiary alicyclic amines) is 1. The number of hydrogen-bond donors (Lipinski definition) is 2. The third-order valence-electron chi connectivity index (χ3n) is 4.00. The lowest BCUT2D eigenvalue weighted by Crippen LogP contribution is -2.47. The van der Waals surface area contributed by atoms with E-state index in [1.807, 2.05) is 0 Å². The fourth-order valence-electron chi connectivity index (χ4n) is 2.77. The molecule has 17 heavy (non-hydrogen) atoms. The topological polar surface area (TPSA) is 35.5 Å². The molecule has 1 atom stereocenters. The summed E-state index contributed by atoms with van der Waals surface area (Å²) in [6.07, 6.45) is 2.60. The van der Waals surface area contributed by atoms with E-state index in [2.05, 4.69) is 37.9 Å². The first-order chi connectivity index (χ1) is 7.97. The molecule has 0 aromatic carbocycles. The lowest BCUT2D eigenvalue weighted by molar-refractivity contribution is 0.0963. The summed E-state index contributed by atoms with van der Waals surface area (Å²) < 4.78 is 0. The summed E-state index contributed by atoms with van der Waals surface area (Å²) in [5, 5.41) is 12.6. The molecule has 0 radical (unpaired) electrons. The zero-order valence-electron chi connectivity index (χ0n) is 12.0. The predicted molar refractivity (Wildman–Crippen MR) is 73.2 cm³/mol. The molecule has 1 heterocycles. The highest BCUT2D eigenvalue weighted by Crippen LogP contribution is 2.34. The largest absolute Gasteiger partial charge is 0.395 e. The van der Waals surface area contributed by atoms with Gasteiger partial charge in [-0.3, -0.25) is 0 Å². The van der Waals surface area contributed by atoms with Crippen LogP contribution in [0.2, 0.25) is 0 Å². The standard InChI is InChI=1S/C14H30N2O/c1-5-15-13(11-17)10-16-8-6-12(7-9-16)14(2,3)4/h12-13,15,17H,5-11H2,1-4H3. The molecule has 0 saturated carbocycles. The maximum atomic E-state index is 9.28. The Morgan fingerprint density at radius 3 is 2.29 bits per heavy atom. The van der Waals surface area contributed by atoms with Gasteiger partial charge in [-0.1, -0.05) is 27.7 Å². The number of piperidine rings is 1. The van der Waals surface area contributed by atoms with Crippen LogP contribution in [0.15, 0.2) is 0 Å². The van der Waals surface area contributed by atoms with Crippen molar-refractivity contribution in [2.45, 2.75) is 46.6 Å². The van der Waals surface area contributed by atoms with E-state index in [1.54, 1.807) is 0 Å². The second-order valence-corrected chi connectivity index (χ2v) is 6.38. The zero-order valence-corrected chi connectivity index (χ0v) is 12.0. The first-order valence-corrected chi connectivity index (χ1v) is 7.04. The lowest BCUT2D eigenvalue weighted by atomic mass is 9.75. The van der Waals surface area contributed by atoms with Crippen LogP contribution in [0.1, 0.15) is 40.5 Å². The maximum Gasteiger partial charge on any atom is 0.0597 e. The first-order valence-electron chi connectivity index (χ1n) is 7.04. The molecule has 0 aromatic heterocycles. The SMILES string of the molecule is CCNC(CO)CN1CCC(C(C)(C)C)CC1. The summed E-state index contributed by atoms with van der Waals surface area (Å²) in [4.78, 5) is 2.49. The van der Waals surface area contributed by atoms with E-state index in [4.69, 9.17) is 0 Å². The number of nitrogens with zero attached hydrogens (tertiary/aromatic N) is 1. The van der Waals surface area contributed by atoms with Crippen molar-refractivity contribution < 1.29 is 5.11 Å². The van der Waals surface area contributed by atoms with Gasteiger partial charge in [0.15, 0.2) is 0 Å². The molecule has 0 aliphatic carbocycles. The molecule has 1 rings (SSSR count).